The van der Waals surface area contributed by atoms with Crippen LogP contribution in [-0.2, 0) is 17.9 Å². The fraction of sp³-hybridized carbons (Fsp3) is 0.188. The quantitative estimate of drug-likeness (QED) is 0.597. The van der Waals surface area contributed by atoms with Gasteiger partial charge in [0.2, 0.25) is 0 Å². The minimum Gasteiger partial charge on any atom is -0.390 e. The molecule has 0 aliphatic carbocycles. The van der Waals surface area contributed by atoms with Gasteiger partial charge in [-0.25, -0.2) is 8.78 Å². The largest absolute Gasteiger partial charge is 0.390 e. The predicted molar refractivity (Wildman–Crippen MR) is 73.5 cm³/mol. The highest BCUT2D eigenvalue weighted by atomic mass is 19.2. The zero-order chi connectivity index (χ0) is 14.4. The van der Waals surface area contributed by atoms with Crippen LogP contribution < -0.4 is 0 Å². The van der Waals surface area contributed by atoms with Crippen LogP contribution in [0.2, 0.25) is 0 Å². The lowest BCUT2D eigenvalue weighted by atomic mass is 10.1. The number of halogens is 2. The maximum Gasteiger partial charge on any atom is 0.159 e. The van der Waals surface area contributed by atoms with Gasteiger partial charge in [0.1, 0.15) is 12.8 Å². The van der Waals surface area contributed by atoms with Gasteiger partial charge in [0, 0.05) is 5.56 Å². The molecule has 103 valence electrons. The number of rotatable bonds is 5. The molecule has 2 aromatic carbocycles. The van der Waals surface area contributed by atoms with E-state index in [4.69, 9.17) is 4.84 Å². The van der Waals surface area contributed by atoms with Crippen LogP contribution >= 0.6 is 0 Å². The van der Waals surface area contributed by atoms with E-state index in [-0.39, 0.29) is 6.61 Å². The van der Waals surface area contributed by atoms with Gasteiger partial charge < -0.3 is 4.84 Å². The van der Waals surface area contributed by atoms with Crippen LogP contribution in [0.25, 0.3) is 0 Å². The third-order valence-electron chi connectivity index (χ3n) is 2.84. The van der Waals surface area contributed by atoms with Gasteiger partial charge in [0.15, 0.2) is 11.6 Å². The molecule has 2 rings (SSSR count). The summed E-state index contributed by atoms with van der Waals surface area (Å²) in [5, 5.41) is 3.73. The van der Waals surface area contributed by atoms with Crippen molar-refractivity contribution < 1.29 is 13.6 Å². The second kappa shape index (κ2) is 6.80. The van der Waals surface area contributed by atoms with Gasteiger partial charge in [-0.1, -0.05) is 42.4 Å². The van der Waals surface area contributed by atoms with Crippen LogP contribution in [0.3, 0.4) is 0 Å². The zero-order valence-electron chi connectivity index (χ0n) is 11.1. The van der Waals surface area contributed by atoms with E-state index in [1.807, 2.05) is 31.2 Å². The average Bonchev–Trinajstić information content (AvgIpc) is 2.47. The first-order chi connectivity index (χ1) is 9.70. The minimum absolute atomic E-state index is 0.0679. The molecule has 0 saturated carbocycles. The van der Waals surface area contributed by atoms with Gasteiger partial charge in [0.25, 0.3) is 0 Å². The Bertz CT molecular complexity index is 611. The van der Waals surface area contributed by atoms with Crippen molar-refractivity contribution in [1.29, 1.82) is 0 Å². The molecule has 0 saturated heterocycles. The maximum atomic E-state index is 13.0. The van der Waals surface area contributed by atoms with Gasteiger partial charge in [-0.3, -0.25) is 0 Å². The molecule has 0 atom stereocenters. The van der Waals surface area contributed by atoms with Gasteiger partial charge >= 0.3 is 0 Å². The van der Waals surface area contributed by atoms with Gasteiger partial charge in [-0.05, 0) is 29.7 Å². The molecule has 2 aromatic rings. The first-order valence-electron chi connectivity index (χ1n) is 6.30. The molecule has 0 aromatic heterocycles. The summed E-state index contributed by atoms with van der Waals surface area (Å²) in [6.45, 7) is 2.11. The third kappa shape index (κ3) is 3.63. The summed E-state index contributed by atoms with van der Waals surface area (Å²) in [7, 11) is 0. The van der Waals surface area contributed by atoms with Gasteiger partial charge in [-0.2, -0.15) is 0 Å². The van der Waals surface area contributed by atoms with Crippen molar-refractivity contribution in [3.05, 3.63) is 70.8 Å². The van der Waals surface area contributed by atoms with Gasteiger partial charge in [0.05, 0.1) is 0 Å². The molecule has 0 aliphatic heterocycles. The fourth-order valence-electron chi connectivity index (χ4n) is 1.76. The highest BCUT2D eigenvalue weighted by molar-refractivity contribution is 5.81. The fourth-order valence-corrected chi connectivity index (χ4v) is 1.76. The van der Waals surface area contributed by atoms with E-state index in [9.17, 15) is 8.78 Å². The van der Waals surface area contributed by atoms with Crippen LogP contribution in [0.1, 0.15) is 23.6 Å². The molecule has 2 nitrogen and oxygen atoms in total. The summed E-state index contributed by atoms with van der Waals surface area (Å²) in [6.07, 6.45) is 3.67. The van der Waals surface area contributed by atoms with E-state index in [1.54, 1.807) is 0 Å². The Kier molecular flexibility index (Phi) is 4.82. The molecule has 0 spiro atoms. The summed E-state index contributed by atoms with van der Waals surface area (Å²) in [5.41, 5.74) is 2.49. The van der Waals surface area contributed by atoms with Crippen LogP contribution in [0.15, 0.2) is 47.6 Å². The molecule has 0 heterocycles. The lowest BCUT2D eigenvalue weighted by Gasteiger charge is -2.02. The van der Waals surface area contributed by atoms with E-state index in [0.29, 0.717) is 5.56 Å². The third-order valence-corrected chi connectivity index (χ3v) is 2.84. The highest BCUT2D eigenvalue weighted by Gasteiger charge is 2.02. The first-order valence-corrected chi connectivity index (χ1v) is 6.30. The Morgan fingerprint density at radius 3 is 2.65 bits per heavy atom. The second-order valence-electron chi connectivity index (χ2n) is 4.24. The van der Waals surface area contributed by atoms with Crippen molar-refractivity contribution in [2.24, 2.45) is 5.16 Å². The van der Waals surface area contributed by atoms with E-state index >= 15 is 0 Å². The lowest BCUT2D eigenvalue weighted by molar-refractivity contribution is 0.132. The zero-order valence-corrected chi connectivity index (χ0v) is 11.1. The highest BCUT2D eigenvalue weighted by Crippen LogP contribution is 2.10. The summed E-state index contributed by atoms with van der Waals surface area (Å²) >= 11 is 0. The molecule has 0 N–H and O–H groups in total. The summed E-state index contributed by atoms with van der Waals surface area (Å²) < 4.78 is 25.7. The maximum absolute atomic E-state index is 13.0. The predicted octanol–water partition coefficient (Wildman–Crippen LogP) is 3.95. The lowest BCUT2D eigenvalue weighted by Crippen LogP contribution is -1.93. The Morgan fingerprint density at radius 1 is 1.10 bits per heavy atom. The molecular weight excluding hydrogens is 260 g/mol. The first kappa shape index (κ1) is 14.2. The Hall–Kier alpha value is -2.23. The van der Waals surface area contributed by atoms with Crippen LogP contribution in [0.4, 0.5) is 8.78 Å². The summed E-state index contributed by atoms with van der Waals surface area (Å²) in [5.74, 6) is -1.77. The van der Waals surface area contributed by atoms with Crippen molar-refractivity contribution in [2.45, 2.75) is 20.0 Å². The minimum atomic E-state index is -0.893. The van der Waals surface area contributed by atoms with Crippen molar-refractivity contribution in [2.75, 3.05) is 0 Å². The number of nitrogens with zero attached hydrogens (tertiary/aromatic N) is 1. The molecular formula is C16H14F2NO. The Labute approximate surface area is 116 Å². The van der Waals surface area contributed by atoms with Gasteiger partial charge in [-0.15, -0.1) is 0 Å². The molecule has 0 fully saturated rings. The van der Waals surface area contributed by atoms with Crippen molar-refractivity contribution >= 4 is 6.21 Å². The van der Waals surface area contributed by atoms with E-state index < -0.39 is 11.6 Å². The van der Waals surface area contributed by atoms with E-state index in [1.165, 1.54) is 6.07 Å². The molecule has 0 aliphatic rings. The summed E-state index contributed by atoms with van der Waals surface area (Å²) in [4.78, 5) is 5.04. The normalized spacial score (nSPS) is 10.9. The van der Waals surface area contributed by atoms with Crippen LogP contribution in [0, 0.1) is 11.6 Å². The topological polar surface area (TPSA) is 21.6 Å². The molecule has 0 amide bonds. The molecule has 1 radical (unpaired) electrons. The average molecular weight is 274 g/mol. The van der Waals surface area contributed by atoms with E-state index in [2.05, 4.69) is 11.4 Å². The number of aryl methyl sites for hydroxylation is 1. The number of benzene rings is 2. The molecule has 0 bridgehead atoms. The SMILES string of the molecule is CCc1ccccc1/[C]=N\OCc1ccc(F)c(F)c1. The standard InChI is InChI=1S/C16H14F2NO/c1-2-13-5-3-4-6-14(13)10-19-20-11-12-7-8-15(17)16(18)9-12/h3-9H,2,11H2,1H3. The number of hydrogen-bond acceptors (Lipinski definition) is 2. The van der Waals surface area contributed by atoms with Crippen LogP contribution in [-0.4, -0.2) is 6.21 Å². The Balaban J connectivity index is 1.95. The van der Waals surface area contributed by atoms with Crippen molar-refractivity contribution in [1.82, 2.24) is 0 Å². The van der Waals surface area contributed by atoms with Crippen LogP contribution in [0.5, 0.6) is 0 Å². The second-order valence-corrected chi connectivity index (χ2v) is 4.24. The van der Waals surface area contributed by atoms with E-state index in [0.717, 1.165) is 29.7 Å². The molecule has 20 heavy (non-hydrogen) atoms. The monoisotopic (exact) mass is 274 g/mol. The Morgan fingerprint density at radius 2 is 1.90 bits per heavy atom. The number of hydrogen-bond donors (Lipinski definition) is 0. The molecule has 0 unspecified atom stereocenters. The van der Waals surface area contributed by atoms with Crippen molar-refractivity contribution in [3.8, 4) is 0 Å². The smallest absolute Gasteiger partial charge is 0.159 e. The summed E-state index contributed by atoms with van der Waals surface area (Å²) in [6, 6.07) is 11.3. The molecule has 4 heteroatoms. The van der Waals surface area contributed by atoms with Crippen molar-refractivity contribution in [3.63, 3.8) is 0 Å².